The molecule has 4 aliphatic carbocycles. The van der Waals surface area contributed by atoms with Crippen LogP contribution in [0.2, 0.25) is 0 Å². The van der Waals surface area contributed by atoms with Crippen LogP contribution in [0.4, 0.5) is 0 Å². The number of cyclic esters (lactones) is 1. The molecule has 0 aromatic rings. The first-order valence-electron chi connectivity index (χ1n) is 12.8. The van der Waals surface area contributed by atoms with Crippen LogP contribution in [-0.2, 0) is 14.3 Å². The van der Waals surface area contributed by atoms with Crippen LogP contribution in [0.25, 0.3) is 0 Å². The van der Waals surface area contributed by atoms with Gasteiger partial charge in [0.2, 0.25) is 5.91 Å². The average molecular weight is 445 g/mol. The maximum Gasteiger partial charge on any atom is 0.330 e. The lowest BCUT2D eigenvalue weighted by molar-refractivity contribution is -0.210. The molecule has 1 unspecified atom stereocenters. The second kappa shape index (κ2) is 7.83. The monoisotopic (exact) mass is 444 g/mol. The first kappa shape index (κ1) is 22.4. The second-order valence-corrected chi connectivity index (χ2v) is 11.9. The molecular weight excluding hydrogens is 404 g/mol. The highest BCUT2D eigenvalue weighted by molar-refractivity contribution is 5.82. The van der Waals surface area contributed by atoms with E-state index in [4.69, 9.17) is 10.5 Å². The van der Waals surface area contributed by atoms with E-state index in [9.17, 15) is 14.7 Å². The van der Waals surface area contributed by atoms with Crippen molar-refractivity contribution in [2.75, 3.05) is 13.2 Å². The quantitative estimate of drug-likeness (QED) is 0.581. The van der Waals surface area contributed by atoms with Crippen molar-refractivity contribution in [2.45, 2.75) is 83.3 Å². The molecule has 9 atom stereocenters. The van der Waals surface area contributed by atoms with E-state index in [1.54, 1.807) is 6.08 Å². The van der Waals surface area contributed by atoms with E-state index in [0.717, 1.165) is 51.4 Å². The Morgan fingerprint density at radius 1 is 1.12 bits per heavy atom. The molecule has 5 rings (SSSR count). The number of ether oxygens (including phenoxy) is 1. The van der Waals surface area contributed by atoms with Crippen molar-refractivity contribution < 1.29 is 19.4 Å². The van der Waals surface area contributed by atoms with Gasteiger partial charge in [-0.25, -0.2) is 4.79 Å². The van der Waals surface area contributed by atoms with E-state index in [-0.39, 0.29) is 41.2 Å². The van der Waals surface area contributed by atoms with Gasteiger partial charge in [-0.2, -0.15) is 0 Å². The molecule has 6 nitrogen and oxygen atoms in total. The van der Waals surface area contributed by atoms with Gasteiger partial charge in [0.05, 0.1) is 18.8 Å². The Labute approximate surface area is 191 Å². The minimum Gasteiger partial charge on any atom is -0.462 e. The van der Waals surface area contributed by atoms with Crippen LogP contribution in [0.5, 0.6) is 0 Å². The first-order chi connectivity index (χ1) is 15.2. The summed E-state index contributed by atoms with van der Waals surface area (Å²) in [6.07, 6.45) is 13.1. The lowest BCUT2D eigenvalue weighted by atomic mass is 9.43. The van der Waals surface area contributed by atoms with Crippen molar-refractivity contribution in [3.05, 3.63) is 12.2 Å². The molecule has 4 N–H and O–H groups in total. The van der Waals surface area contributed by atoms with Gasteiger partial charge in [-0.05, 0) is 86.9 Å². The molecule has 1 heterocycles. The number of hydrogen-bond acceptors (Lipinski definition) is 5. The third-order valence-electron chi connectivity index (χ3n) is 10.9. The number of aliphatic hydroxyl groups is 1. The van der Waals surface area contributed by atoms with Crippen LogP contribution in [0.15, 0.2) is 12.2 Å². The van der Waals surface area contributed by atoms with Gasteiger partial charge in [-0.15, -0.1) is 0 Å². The molecule has 0 radical (unpaired) electrons. The van der Waals surface area contributed by atoms with Crippen molar-refractivity contribution in [1.29, 1.82) is 0 Å². The molecule has 0 aromatic carbocycles. The Kier molecular flexibility index (Phi) is 5.48. The van der Waals surface area contributed by atoms with E-state index >= 15 is 0 Å². The molecule has 178 valence electrons. The van der Waals surface area contributed by atoms with Crippen LogP contribution in [0.3, 0.4) is 0 Å². The number of rotatable bonds is 3. The number of hydrogen-bond donors (Lipinski definition) is 3. The van der Waals surface area contributed by atoms with E-state index in [0.29, 0.717) is 30.3 Å². The fraction of sp³-hybridized carbons (Fsp3) is 0.846. The van der Waals surface area contributed by atoms with Crippen LogP contribution in [0, 0.1) is 40.4 Å². The number of esters is 1. The summed E-state index contributed by atoms with van der Waals surface area (Å²) in [6.45, 7) is 5.30. The molecule has 6 heteroatoms. The Hall–Kier alpha value is -1.40. The van der Waals surface area contributed by atoms with Gasteiger partial charge in [-0.3, -0.25) is 4.79 Å². The van der Waals surface area contributed by atoms with Gasteiger partial charge in [0, 0.05) is 23.5 Å². The molecule has 4 saturated carbocycles. The minimum atomic E-state index is -0.630. The number of carbonyl (C=O) groups is 2. The third-order valence-corrected chi connectivity index (χ3v) is 10.9. The lowest BCUT2D eigenvalue weighted by Gasteiger charge is -2.64. The zero-order valence-corrected chi connectivity index (χ0v) is 19.6. The number of amides is 1. The van der Waals surface area contributed by atoms with E-state index in [2.05, 4.69) is 19.2 Å². The molecule has 4 fully saturated rings. The van der Waals surface area contributed by atoms with E-state index in [1.807, 2.05) is 6.08 Å². The number of nitrogens with two attached hydrogens (primary N) is 1. The molecule has 1 amide bonds. The van der Waals surface area contributed by atoms with Crippen molar-refractivity contribution in [3.8, 4) is 0 Å². The maximum absolute atomic E-state index is 12.3. The Morgan fingerprint density at radius 3 is 2.62 bits per heavy atom. The third kappa shape index (κ3) is 3.19. The predicted molar refractivity (Wildman–Crippen MR) is 121 cm³/mol. The van der Waals surface area contributed by atoms with Crippen molar-refractivity contribution in [2.24, 2.45) is 46.2 Å². The molecular formula is C26H40N2O4. The highest BCUT2D eigenvalue weighted by Crippen LogP contribution is 2.69. The number of carbonyl (C=O) groups excluding carboxylic acids is 2. The number of fused-ring (bicyclic) bond motifs is 5. The highest BCUT2D eigenvalue weighted by atomic mass is 16.5. The zero-order valence-electron chi connectivity index (χ0n) is 19.6. The highest BCUT2D eigenvalue weighted by Gasteiger charge is 2.67. The minimum absolute atomic E-state index is 0.0468. The molecule has 32 heavy (non-hydrogen) atoms. The summed E-state index contributed by atoms with van der Waals surface area (Å²) in [7, 11) is 0. The van der Waals surface area contributed by atoms with Crippen LogP contribution < -0.4 is 11.1 Å². The average Bonchev–Trinajstić information content (AvgIpc) is 3.06. The predicted octanol–water partition coefficient (Wildman–Crippen LogP) is 2.93. The first-order valence-corrected chi connectivity index (χ1v) is 12.8. The molecule has 0 saturated heterocycles. The van der Waals surface area contributed by atoms with Gasteiger partial charge in [0.25, 0.3) is 0 Å². The second-order valence-electron chi connectivity index (χ2n) is 11.9. The topological polar surface area (TPSA) is 102 Å². The summed E-state index contributed by atoms with van der Waals surface area (Å²) in [5, 5.41) is 15.5. The molecule has 1 aliphatic heterocycles. The maximum atomic E-state index is 12.3. The number of nitrogens with one attached hydrogen (secondary N) is 1. The van der Waals surface area contributed by atoms with Gasteiger partial charge < -0.3 is 20.9 Å². The largest absolute Gasteiger partial charge is 0.462 e. The van der Waals surface area contributed by atoms with E-state index in [1.165, 1.54) is 6.42 Å². The van der Waals surface area contributed by atoms with Crippen molar-refractivity contribution in [3.63, 3.8) is 0 Å². The molecule has 0 aromatic heterocycles. The van der Waals surface area contributed by atoms with Gasteiger partial charge in [0.1, 0.15) is 0 Å². The van der Waals surface area contributed by atoms with Crippen LogP contribution in [-0.4, -0.2) is 41.8 Å². The van der Waals surface area contributed by atoms with Crippen LogP contribution >= 0.6 is 0 Å². The summed E-state index contributed by atoms with van der Waals surface area (Å²) in [5.41, 5.74) is 5.00. The van der Waals surface area contributed by atoms with Crippen LogP contribution in [0.1, 0.15) is 71.6 Å². The fourth-order valence-electron chi connectivity index (χ4n) is 9.11. The fourth-order valence-corrected chi connectivity index (χ4v) is 9.11. The van der Waals surface area contributed by atoms with Gasteiger partial charge >= 0.3 is 5.97 Å². The molecule has 0 bridgehead atoms. The SMILES string of the molecule is C[C@]12CC[C@@H](NC(=O)CN)C[C@H]1CC[C@@H]1[C@@H]2CC[C@]2(C)[C@@H](C3C=CC(=O)OC3)CC[C@]12O. The van der Waals surface area contributed by atoms with E-state index < -0.39 is 5.60 Å². The van der Waals surface area contributed by atoms with Crippen molar-refractivity contribution >= 4 is 11.9 Å². The summed E-state index contributed by atoms with van der Waals surface area (Å²) in [4.78, 5) is 23.3. The normalized spacial score (nSPS) is 50.1. The lowest BCUT2D eigenvalue weighted by Crippen LogP contribution is -2.63. The Balaban J connectivity index is 1.35. The summed E-state index contributed by atoms with van der Waals surface area (Å²) >= 11 is 0. The summed E-state index contributed by atoms with van der Waals surface area (Å²) in [5.74, 6) is 1.79. The van der Waals surface area contributed by atoms with Gasteiger partial charge in [0.15, 0.2) is 0 Å². The standard InChI is InChI=1S/C26H40N2O4/c1-24-10-7-18(28-22(29)14-27)13-17(24)4-5-21-20(24)8-11-25(2)19(9-12-26(21,25)31)16-3-6-23(30)32-15-16/h3,6,16-21,31H,4-5,7-15,27H2,1-2H3,(H,28,29)/t16?,17-,18-,19-,20+,21-,24+,25-,26+/m1/s1. The zero-order chi connectivity index (χ0) is 22.7. The summed E-state index contributed by atoms with van der Waals surface area (Å²) in [6, 6.07) is 0.245. The summed E-state index contributed by atoms with van der Waals surface area (Å²) < 4.78 is 5.35. The Morgan fingerprint density at radius 2 is 1.91 bits per heavy atom. The smallest absolute Gasteiger partial charge is 0.330 e. The molecule has 0 spiro atoms. The Bertz CT molecular complexity index is 814. The van der Waals surface area contributed by atoms with Gasteiger partial charge in [-0.1, -0.05) is 19.9 Å². The molecule has 5 aliphatic rings. The van der Waals surface area contributed by atoms with Crippen molar-refractivity contribution in [1.82, 2.24) is 5.32 Å².